The van der Waals surface area contributed by atoms with Crippen LogP contribution in [0, 0.1) is 6.92 Å². The fourth-order valence-corrected chi connectivity index (χ4v) is 4.07. The first kappa shape index (κ1) is 16.0. The van der Waals surface area contributed by atoms with Crippen molar-refractivity contribution in [1.82, 2.24) is 9.88 Å². The van der Waals surface area contributed by atoms with E-state index in [2.05, 4.69) is 11.1 Å². The summed E-state index contributed by atoms with van der Waals surface area (Å²) in [7, 11) is 0. The number of thiophene rings is 1. The van der Waals surface area contributed by atoms with Crippen molar-refractivity contribution in [1.29, 1.82) is 0 Å². The largest absolute Gasteiger partial charge is 0.334 e. The molecule has 3 aromatic rings. The van der Waals surface area contributed by atoms with Crippen molar-refractivity contribution in [3.63, 3.8) is 0 Å². The molecular formula is C18H17ClN2OS. The van der Waals surface area contributed by atoms with E-state index in [9.17, 15) is 4.79 Å². The molecule has 2 aromatic heterocycles. The van der Waals surface area contributed by atoms with Crippen LogP contribution in [-0.2, 0) is 6.54 Å². The molecular weight excluding hydrogens is 328 g/mol. The van der Waals surface area contributed by atoms with Crippen LogP contribution >= 0.6 is 22.9 Å². The SMILES string of the molecule is CCN(Cc1ccncc1)C(=O)c1sc2cc(C)ccc2c1Cl. The summed E-state index contributed by atoms with van der Waals surface area (Å²) in [6.45, 7) is 5.20. The first-order chi connectivity index (χ1) is 11.1. The number of halogens is 1. The number of aryl methyl sites for hydroxylation is 1. The van der Waals surface area contributed by atoms with E-state index in [4.69, 9.17) is 11.6 Å². The van der Waals surface area contributed by atoms with Gasteiger partial charge in [0, 0.05) is 35.6 Å². The van der Waals surface area contributed by atoms with Crippen molar-refractivity contribution >= 4 is 38.9 Å². The topological polar surface area (TPSA) is 33.2 Å². The maximum absolute atomic E-state index is 12.9. The van der Waals surface area contributed by atoms with Crippen molar-refractivity contribution in [2.24, 2.45) is 0 Å². The Balaban J connectivity index is 1.93. The van der Waals surface area contributed by atoms with E-state index in [1.54, 1.807) is 17.3 Å². The molecule has 0 saturated heterocycles. The first-order valence-corrected chi connectivity index (χ1v) is 8.66. The van der Waals surface area contributed by atoms with Crippen molar-refractivity contribution in [2.75, 3.05) is 6.54 Å². The number of carbonyl (C=O) groups is 1. The summed E-state index contributed by atoms with van der Waals surface area (Å²) in [5.41, 5.74) is 2.22. The van der Waals surface area contributed by atoms with Gasteiger partial charge in [-0.2, -0.15) is 0 Å². The lowest BCUT2D eigenvalue weighted by molar-refractivity contribution is 0.0757. The lowest BCUT2D eigenvalue weighted by Gasteiger charge is -2.20. The van der Waals surface area contributed by atoms with Gasteiger partial charge in [-0.15, -0.1) is 11.3 Å². The van der Waals surface area contributed by atoms with E-state index >= 15 is 0 Å². The Morgan fingerprint density at radius 1 is 1.26 bits per heavy atom. The quantitative estimate of drug-likeness (QED) is 0.673. The molecule has 0 aliphatic heterocycles. The number of amides is 1. The van der Waals surface area contributed by atoms with E-state index in [-0.39, 0.29) is 5.91 Å². The maximum Gasteiger partial charge on any atom is 0.265 e. The van der Waals surface area contributed by atoms with E-state index < -0.39 is 0 Å². The molecule has 118 valence electrons. The normalized spacial score (nSPS) is 10.9. The minimum atomic E-state index is -0.0202. The average molecular weight is 345 g/mol. The van der Waals surface area contributed by atoms with Crippen LogP contribution in [0.25, 0.3) is 10.1 Å². The summed E-state index contributed by atoms with van der Waals surface area (Å²) in [6.07, 6.45) is 3.48. The number of hydrogen-bond donors (Lipinski definition) is 0. The number of fused-ring (bicyclic) bond motifs is 1. The summed E-state index contributed by atoms with van der Waals surface area (Å²) in [5, 5.41) is 1.51. The van der Waals surface area contributed by atoms with Crippen LogP contribution in [0.4, 0.5) is 0 Å². The molecule has 1 aromatic carbocycles. The van der Waals surface area contributed by atoms with Crippen LogP contribution in [0.3, 0.4) is 0 Å². The summed E-state index contributed by atoms with van der Waals surface area (Å²) in [4.78, 5) is 19.3. The van der Waals surface area contributed by atoms with E-state index in [1.165, 1.54) is 16.9 Å². The number of hydrogen-bond acceptors (Lipinski definition) is 3. The molecule has 0 radical (unpaired) electrons. The fraction of sp³-hybridized carbons (Fsp3) is 0.222. The maximum atomic E-state index is 12.9. The Kier molecular flexibility index (Phi) is 4.64. The molecule has 0 N–H and O–H groups in total. The molecule has 1 amide bonds. The zero-order valence-corrected chi connectivity index (χ0v) is 14.6. The summed E-state index contributed by atoms with van der Waals surface area (Å²) < 4.78 is 1.05. The molecule has 0 spiro atoms. The first-order valence-electron chi connectivity index (χ1n) is 7.47. The van der Waals surface area contributed by atoms with Gasteiger partial charge in [0.2, 0.25) is 0 Å². The summed E-state index contributed by atoms with van der Waals surface area (Å²) in [5.74, 6) is -0.0202. The third-order valence-electron chi connectivity index (χ3n) is 3.77. The van der Waals surface area contributed by atoms with Gasteiger partial charge >= 0.3 is 0 Å². The standard InChI is InChI=1S/C18H17ClN2OS/c1-3-21(11-13-6-8-20-9-7-13)18(22)17-16(19)14-5-4-12(2)10-15(14)23-17/h4-10H,3,11H2,1-2H3. The third-order valence-corrected chi connectivity index (χ3v) is 5.42. The molecule has 0 aliphatic carbocycles. The van der Waals surface area contributed by atoms with E-state index in [1.807, 2.05) is 38.1 Å². The molecule has 3 rings (SSSR count). The highest BCUT2D eigenvalue weighted by atomic mass is 35.5. The Morgan fingerprint density at radius 3 is 2.70 bits per heavy atom. The average Bonchev–Trinajstić information content (AvgIpc) is 2.89. The molecule has 3 nitrogen and oxygen atoms in total. The third kappa shape index (κ3) is 3.23. The van der Waals surface area contributed by atoms with Gasteiger partial charge in [0.15, 0.2) is 0 Å². The van der Waals surface area contributed by atoms with Gasteiger partial charge in [0.05, 0.1) is 5.02 Å². The highest BCUT2D eigenvalue weighted by Crippen LogP contribution is 2.36. The van der Waals surface area contributed by atoms with Crippen molar-refractivity contribution in [2.45, 2.75) is 20.4 Å². The minimum Gasteiger partial charge on any atom is -0.334 e. The lowest BCUT2D eigenvalue weighted by Crippen LogP contribution is -2.29. The van der Waals surface area contributed by atoms with Crippen molar-refractivity contribution in [3.05, 3.63) is 63.8 Å². The Bertz CT molecular complexity index is 845. The Hall–Kier alpha value is -1.91. The predicted octanol–water partition coefficient (Wildman–Crippen LogP) is 4.92. The predicted molar refractivity (Wildman–Crippen MR) is 96.2 cm³/mol. The van der Waals surface area contributed by atoms with E-state index in [0.717, 1.165) is 15.6 Å². The van der Waals surface area contributed by atoms with Gasteiger partial charge in [-0.25, -0.2) is 0 Å². The summed E-state index contributed by atoms with van der Waals surface area (Å²) in [6, 6.07) is 9.92. The molecule has 23 heavy (non-hydrogen) atoms. The Labute approximate surface area is 144 Å². The highest BCUT2D eigenvalue weighted by Gasteiger charge is 2.21. The molecule has 0 fully saturated rings. The second-order valence-corrected chi connectivity index (χ2v) is 6.85. The van der Waals surface area contributed by atoms with E-state index in [0.29, 0.717) is 23.0 Å². The van der Waals surface area contributed by atoms with Crippen LogP contribution < -0.4 is 0 Å². The zero-order chi connectivity index (χ0) is 16.4. The van der Waals surface area contributed by atoms with Crippen molar-refractivity contribution < 1.29 is 4.79 Å². The van der Waals surface area contributed by atoms with Crippen LogP contribution in [0.5, 0.6) is 0 Å². The molecule has 0 bridgehead atoms. The number of benzene rings is 1. The molecule has 0 aliphatic rings. The summed E-state index contributed by atoms with van der Waals surface area (Å²) >= 11 is 7.93. The second-order valence-electron chi connectivity index (χ2n) is 5.42. The van der Waals surface area contributed by atoms with Crippen LogP contribution in [0.15, 0.2) is 42.7 Å². The fourth-order valence-electron chi connectivity index (χ4n) is 2.49. The number of pyridine rings is 1. The smallest absolute Gasteiger partial charge is 0.265 e. The van der Waals surface area contributed by atoms with Crippen LogP contribution in [0.1, 0.15) is 27.7 Å². The minimum absolute atomic E-state index is 0.0202. The number of aromatic nitrogens is 1. The van der Waals surface area contributed by atoms with Gasteiger partial charge in [-0.3, -0.25) is 9.78 Å². The monoisotopic (exact) mass is 344 g/mol. The van der Waals surface area contributed by atoms with Gasteiger partial charge in [0.1, 0.15) is 4.88 Å². The highest BCUT2D eigenvalue weighted by molar-refractivity contribution is 7.21. The lowest BCUT2D eigenvalue weighted by atomic mass is 10.2. The molecule has 0 saturated carbocycles. The molecule has 0 unspecified atom stereocenters. The Morgan fingerprint density at radius 2 is 2.00 bits per heavy atom. The van der Waals surface area contributed by atoms with Gasteiger partial charge < -0.3 is 4.90 Å². The van der Waals surface area contributed by atoms with Crippen molar-refractivity contribution in [3.8, 4) is 0 Å². The number of carbonyl (C=O) groups excluding carboxylic acids is 1. The zero-order valence-electron chi connectivity index (χ0n) is 13.0. The van der Waals surface area contributed by atoms with Crippen LogP contribution in [0.2, 0.25) is 5.02 Å². The number of rotatable bonds is 4. The molecule has 5 heteroatoms. The van der Waals surface area contributed by atoms with Gasteiger partial charge in [-0.1, -0.05) is 23.7 Å². The second kappa shape index (κ2) is 6.69. The van der Waals surface area contributed by atoms with Gasteiger partial charge in [0.25, 0.3) is 5.91 Å². The number of nitrogens with zero attached hydrogens (tertiary/aromatic N) is 2. The van der Waals surface area contributed by atoms with Crippen LogP contribution in [-0.4, -0.2) is 22.3 Å². The molecule has 2 heterocycles. The van der Waals surface area contributed by atoms with Gasteiger partial charge in [-0.05, 0) is 43.2 Å². The molecule has 0 atom stereocenters.